The summed E-state index contributed by atoms with van der Waals surface area (Å²) in [6, 6.07) is -0.373. The average Bonchev–Trinajstić information content (AvgIpc) is 3.41. The molecule has 23 heavy (non-hydrogen) atoms. The molecule has 1 amide bonds. The second kappa shape index (κ2) is 5.33. The number of rotatable bonds is 4. The first-order valence-corrected chi connectivity index (χ1v) is 10.3. The van der Waals surface area contributed by atoms with Crippen LogP contribution in [-0.2, 0) is 21.2 Å². The molecular formula is C16H23N3O3S. The summed E-state index contributed by atoms with van der Waals surface area (Å²) in [5.74, 6) is 1.70. The van der Waals surface area contributed by atoms with Crippen LogP contribution in [0.4, 0.5) is 0 Å². The van der Waals surface area contributed by atoms with Gasteiger partial charge >= 0.3 is 0 Å². The molecule has 3 aliphatic rings. The van der Waals surface area contributed by atoms with E-state index >= 15 is 0 Å². The molecule has 0 radical (unpaired) electrons. The molecule has 1 saturated heterocycles. The Morgan fingerprint density at radius 3 is 2.83 bits per heavy atom. The van der Waals surface area contributed by atoms with Crippen molar-refractivity contribution in [1.29, 1.82) is 0 Å². The third-order valence-corrected chi connectivity index (χ3v) is 7.09. The number of aromatic nitrogens is 2. The molecule has 0 bridgehead atoms. The van der Waals surface area contributed by atoms with Gasteiger partial charge in [-0.05, 0) is 38.0 Å². The molecule has 0 spiro atoms. The SMILES string of the molecule is CCn1cc([C@@H]2CS(=O)(=O)CCN2C(=O)[C@@H]2C[C@@H]2C2CC2)cn1. The highest BCUT2D eigenvalue weighted by molar-refractivity contribution is 7.91. The minimum Gasteiger partial charge on any atom is -0.333 e. The zero-order chi connectivity index (χ0) is 16.2. The van der Waals surface area contributed by atoms with Gasteiger partial charge in [0.25, 0.3) is 0 Å². The van der Waals surface area contributed by atoms with Gasteiger partial charge in [0.2, 0.25) is 5.91 Å². The fourth-order valence-electron chi connectivity index (χ4n) is 3.83. The molecule has 0 N–H and O–H groups in total. The van der Waals surface area contributed by atoms with Gasteiger partial charge in [0.15, 0.2) is 9.84 Å². The standard InChI is InChI=1S/C16H23N3O3S/c1-2-18-9-12(8-17-18)15-10-23(21,22)6-5-19(15)16(20)14-7-13(14)11-3-4-11/h8-9,11,13-15H,2-7,10H2,1H3/t13-,14-,15+/m1/s1. The van der Waals surface area contributed by atoms with Crippen molar-refractivity contribution in [3.05, 3.63) is 18.0 Å². The lowest BCUT2D eigenvalue weighted by molar-refractivity contribution is -0.135. The van der Waals surface area contributed by atoms with Crippen LogP contribution in [0.25, 0.3) is 0 Å². The Labute approximate surface area is 136 Å². The summed E-state index contributed by atoms with van der Waals surface area (Å²) in [7, 11) is -3.10. The zero-order valence-corrected chi connectivity index (χ0v) is 14.2. The summed E-state index contributed by atoms with van der Waals surface area (Å²) in [6.45, 7) is 3.04. The number of sulfone groups is 1. The molecule has 0 aromatic carbocycles. The maximum absolute atomic E-state index is 12.9. The average molecular weight is 337 g/mol. The number of carbonyl (C=O) groups excluding carboxylic acids is 1. The van der Waals surface area contributed by atoms with Gasteiger partial charge in [0.05, 0.1) is 23.7 Å². The number of nitrogens with zero attached hydrogens (tertiary/aromatic N) is 3. The predicted molar refractivity (Wildman–Crippen MR) is 85.3 cm³/mol. The van der Waals surface area contributed by atoms with Gasteiger partial charge in [-0.3, -0.25) is 9.48 Å². The number of aryl methyl sites for hydroxylation is 1. The fraction of sp³-hybridized carbons (Fsp3) is 0.750. The molecule has 2 saturated carbocycles. The maximum Gasteiger partial charge on any atom is 0.226 e. The Balaban J connectivity index is 1.56. The van der Waals surface area contributed by atoms with Crippen molar-refractivity contribution in [2.24, 2.45) is 17.8 Å². The third-order valence-electron chi connectivity index (χ3n) is 5.46. The van der Waals surface area contributed by atoms with Gasteiger partial charge in [-0.15, -0.1) is 0 Å². The number of hydrogen-bond donors (Lipinski definition) is 0. The number of amides is 1. The van der Waals surface area contributed by atoms with Gasteiger partial charge in [-0.2, -0.15) is 5.10 Å². The van der Waals surface area contributed by atoms with Crippen molar-refractivity contribution in [3.63, 3.8) is 0 Å². The molecule has 2 heterocycles. The van der Waals surface area contributed by atoms with Crippen molar-refractivity contribution in [2.75, 3.05) is 18.1 Å². The quantitative estimate of drug-likeness (QED) is 0.829. The lowest BCUT2D eigenvalue weighted by Crippen LogP contribution is -2.46. The van der Waals surface area contributed by atoms with Crippen LogP contribution in [0.5, 0.6) is 0 Å². The highest BCUT2D eigenvalue weighted by Crippen LogP contribution is 2.55. The van der Waals surface area contributed by atoms with E-state index in [9.17, 15) is 13.2 Å². The van der Waals surface area contributed by atoms with E-state index in [-0.39, 0.29) is 29.4 Å². The summed E-state index contributed by atoms with van der Waals surface area (Å²) in [5.41, 5.74) is 0.840. The molecular weight excluding hydrogens is 314 g/mol. The Morgan fingerprint density at radius 1 is 1.39 bits per heavy atom. The summed E-state index contributed by atoms with van der Waals surface area (Å²) in [6.07, 6.45) is 7.09. The van der Waals surface area contributed by atoms with E-state index in [1.54, 1.807) is 10.9 Å². The first-order valence-electron chi connectivity index (χ1n) is 8.52. The first-order chi connectivity index (χ1) is 11.0. The number of carbonyl (C=O) groups is 1. The summed E-state index contributed by atoms with van der Waals surface area (Å²) in [5, 5.41) is 4.25. The molecule has 3 atom stereocenters. The Bertz CT molecular complexity index is 723. The molecule has 6 nitrogen and oxygen atoms in total. The van der Waals surface area contributed by atoms with Crippen LogP contribution in [0, 0.1) is 17.8 Å². The molecule has 7 heteroatoms. The number of hydrogen-bond acceptors (Lipinski definition) is 4. The van der Waals surface area contributed by atoms with Crippen molar-refractivity contribution >= 4 is 15.7 Å². The van der Waals surface area contributed by atoms with E-state index in [2.05, 4.69) is 5.10 Å². The van der Waals surface area contributed by atoms with Crippen LogP contribution in [0.15, 0.2) is 12.4 Å². The third kappa shape index (κ3) is 2.91. The highest BCUT2D eigenvalue weighted by atomic mass is 32.2. The van der Waals surface area contributed by atoms with Gasteiger partial charge in [-0.1, -0.05) is 0 Å². The maximum atomic E-state index is 12.9. The molecule has 1 aliphatic heterocycles. The smallest absolute Gasteiger partial charge is 0.226 e. The lowest BCUT2D eigenvalue weighted by atomic mass is 10.1. The Morgan fingerprint density at radius 2 is 2.17 bits per heavy atom. The minimum absolute atomic E-state index is 0.0228. The molecule has 3 fully saturated rings. The van der Waals surface area contributed by atoms with Crippen molar-refractivity contribution < 1.29 is 13.2 Å². The van der Waals surface area contributed by atoms with Gasteiger partial charge in [-0.25, -0.2) is 8.42 Å². The van der Waals surface area contributed by atoms with Crippen LogP contribution in [0.1, 0.15) is 37.8 Å². The molecule has 1 aromatic heterocycles. The Kier molecular flexibility index (Phi) is 3.51. The van der Waals surface area contributed by atoms with Crippen LogP contribution in [0.2, 0.25) is 0 Å². The predicted octanol–water partition coefficient (Wildman–Crippen LogP) is 1.25. The van der Waals surface area contributed by atoms with Crippen LogP contribution >= 0.6 is 0 Å². The molecule has 126 valence electrons. The topological polar surface area (TPSA) is 72.3 Å². The first kappa shape index (κ1) is 15.2. The molecule has 4 rings (SSSR count). The molecule has 0 unspecified atom stereocenters. The van der Waals surface area contributed by atoms with Crippen molar-refractivity contribution in [1.82, 2.24) is 14.7 Å². The van der Waals surface area contributed by atoms with Gasteiger partial charge in [0.1, 0.15) is 0 Å². The van der Waals surface area contributed by atoms with E-state index < -0.39 is 9.84 Å². The van der Waals surface area contributed by atoms with Crippen LogP contribution in [-0.4, -0.2) is 47.1 Å². The van der Waals surface area contributed by atoms with E-state index in [0.29, 0.717) is 12.5 Å². The van der Waals surface area contributed by atoms with Crippen molar-refractivity contribution in [2.45, 2.75) is 38.8 Å². The normalized spacial score (nSPS) is 32.7. The highest BCUT2D eigenvalue weighted by Gasteiger charge is 2.53. The summed E-state index contributed by atoms with van der Waals surface area (Å²) >= 11 is 0. The van der Waals surface area contributed by atoms with E-state index in [0.717, 1.165) is 24.4 Å². The molecule has 1 aromatic rings. The zero-order valence-electron chi connectivity index (χ0n) is 13.4. The van der Waals surface area contributed by atoms with Gasteiger partial charge in [0, 0.05) is 30.8 Å². The summed E-state index contributed by atoms with van der Waals surface area (Å²) in [4.78, 5) is 14.7. The second-order valence-electron chi connectivity index (χ2n) is 7.13. The van der Waals surface area contributed by atoms with E-state index in [1.807, 2.05) is 18.0 Å². The van der Waals surface area contributed by atoms with E-state index in [1.165, 1.54) is 12.8 Å². The molecule has 2 aliphatic carbocycles. The minimum atomic E-state index is -3.10. The van der Waals surface area contributed by atoms with Crippen molar-refractivity contribution in [3.8, 4) is 0 Å². The largest absolute Gasteiger partial charge is 0.333 e. The second-order valence-corrected chi connectivity index (χ2v) is 9.36. The lowest BCUT2D eigenvalue weighted by Gasteiger charge is -2.35. The van der Waals surface area contributed by atoms with Crippen LogP contribution < -0.4 is 0 Å². The summed E-state index contributed by atoms with van der Waals surface area (Å²) < 4.78 is 25.9. The Hall–Kier alpha value is -1.37. The van der Waals surface area contributed by atoms with E-state index in [4.69, 9.17) is 0 Å². The van der Waals surface area contributed by atoms with Gasteiger partial charge < -0.3 is 4.90 Å². The monoisotopic (exact) mass is 337 g/mol. The van der Waals surface area contributed by atoms with Crippen LogP contribution in [0.3, 0.4) is 0 Å². The fourth-order valence-corrected chi connectivity index (χ4v) is 5.32.